The molecule has 2 aromatic rings. The van der Waals surface area contributed by atoms with Gasteiger partial charge in [0.2, 0.25) is 0 Å². The molecular weight excluding hydrogens is 292 g/mol. The van der Waals surface area contributed by atoms with E-state index in [4.69, 9.17) is 4.74 Å². The van der Waals surface area contributed by atoms with Crippen LogP contribution in [0.2, 0.25) is 0 Å². The molecule has 0 radical (unpaired) electrons. The molecule has 0 N–H and O–H groups in total. The van der Waals surface area contributed by atoms with Crippen LogP contribution >= 0.6 is 0 Å². The zero-order chi connectivity index (χ0) is 15.6. The van der Waals surface area contributed by atoms with Crippen molar-refractivity contribution < 1.29 is 4.74 Å². The molecule has 124 valence electrons. The number of imidazole rings is 1. The summed E-state index contributed by atoms with van der Waals surface area (Å²) < 4.78 is 7.19. The zero-order valence-electron chi connectivity index (χ0n) is 13.7. The van der Waals surface area contributed by atoms with Crippen LogP contribution in [0.4, 0.5) is 5.82 Å². The number of nitrogens with zero attached hydrogens (tertiary/aromatic N) is 6. The molecule has 2 fully saturated rings. The van der Waals surface area contributed by atoms with E-state index in [1.54, 1.807) is 13.4 Å². The van der Waals surface area contributed by atoms with Gasteiger partial charge in [-0.1, -0.05) is 6.42 Å². The predicted octanol–water partition coefficient (Wildman–Crippen LogP) is 1.15. The maximum absolute atomic E-state index is 5.15. The highest BCUT2D eigenvalue weighted by Gasteiger charge is 2.29. The Kier molecular flexibility index (Phi) is 4.13. The number of hydrogen-bond donors (Lipinski definition) is 0. The molecule has 7 nitrogen and oxygen atoms in total. The first kappa shape index (κ1) is 14.8. The molecule has 1 aliphatic carbocycles. The van der Waals surface area contributed by atoms with E-state index in [2.05, 4.69) is 24.8 Å². The largest absolute Gasteiger partial charge is 0.383 e. The Hall–Kier alpha value is -1.73. The van der Waals surface area contributed by atoms with Gasteiger partial charge in [0.05, 0.1) is 12.9 Å². The van der Waals surface area contributed by atoms with Crippen molar-refractivity contribution in [3.63, 3.8) is 0 Å². The minimum atomic E-state index is 0.658. The first-order valence-corrected chi connectivity index (χ1v) is 8.50. The van der Waals surface area contributed by atoms with Crippen molar-refractivity contribution in [2.75, 3.05) is 44.8 Å². The Bertz CT molecular complexity index is 660. The van der Waals surface area contributed by atoms with Crippen LogP contribution in [-0.4, -0.2) is 70.4 Å². The summed E-state index contributed by atoms with van der Waals surface area (Å²) in [4.78, 5) is 18.5. The maximum Gasteiger partial charge on any atom is 0.165 e. The molecule has 0 bridgehead atoms. The Labute approximate surface area is 136 Å². The van der Waals surface area contributed by atoms with Crippen molar-refractivity contribution in [2.45, 2.75) is 31.8 Å². The summed E-state index contributed by atoms with van der Waals surface area (Å²) in [5, 5.41) is 0. The van der Waals surface area contributed by atoms with Gasteiger partial charge >= 0.3 is 0 Å². The molecule has 1 aliphatic heterocycles. The van der Waals surface area contributed by atoms with Crippen LogP contribution < -0.4 is 4.90 Å². The molecule has 3 heterocycles. The van der Waals surface area contributed by atoms with Crippen LogP contribution in [0.25, 0.3) is 11.2 Å². The quantitative estimate of drug-likeness (QED) is 0.825. The van der Waals surface area contributed by atoms with Crippen LogP contribution in [0.5, 0.6) is 0 Å². The van der Waals surface area contributed by atoms with E-state index in [1.165, 1.54) is 19.3 Å². The first-order valence-electron chi connectivity index (χ1n) is 8.50. The normalized spacial score (nSPS) is 20.1. The van der Waals surface area contributed by atoms with Gasteiger partial charge in [0.15, 0.2) is 17.0 Å². The average molecular weight is 316 g/mol. The third-order valence-electron chi connectivity index (χ3n) is 5.12. The summed E-state index contributed by atoms with van der Waals surface area (Å²) in [5.74, 6) is 0.972. The standard InChI is InChI=1S/C16H24N6O/c1-23-10-9-22-12-19-14-15(17-11-18-16(14)22)21-7-5-20(6-8-21)13-3-2-4-13/h11-13H,2-10H2,1H3. The number of ether oxygens (including phenoxy) is 1. The Morgan fingerprint density at radius 3 is 2.65 bits per heavy atom. The molecule has 23 heavy (non-hydrogen) atoms. The SMILES string of the molecule is COCCn1cnc2c(N3CCN(C4CCC4)CC3)ncnc21. The Balaban J connectivity index is 1.51. The van der Waals surface area contributed by atoms with Crippen molar-refractivity contribution in [1.29, 1.82) is 0 Å². The molecule has 1 saturated heterocycles. The minimum Gasteiger partial charge on any atom is -0.383 e. The number of aromatic nitrogens is 4. The van der Waals surface area contributed by atoms with Crippen molar-refractivity contribution in [3.8, 4) is 0 Å². The predicted molar refractivity (Wildman–Crippen MR) is 88.6 cm³/mol. The monoisotopic (exact) mass is 316 g/mol. The van der Waals surface area contributed by atoms with Gasteiger partial charge in [-0.05, 0) is 12.8 Å². The highest BCUT2D eigenvalue weighted by atomic mass is 16.5. The van der Waals surface area contributed by atoms with Gasteiger partial charge in [-0.3, -0.25) is 4.90 Å². The summed E-state index contributed by atoms with van der Waals surface area (Å²) in [6, 6.07) is 0.829. The van der Waals surface area contributed by atoms with E-state index in [1.807, 2.05) is 10.9 Å². The maximum atomic E-state index is 5.15. The summed E-state index contributed by atoms with van der Waals surface area (Å²) >= 11 is 0. The Morgan fingerprint density at radius 2 is 1.96 bits per heavy atom. The molecule has 4 rings (SSSR count). The minimum absolute atomic E-state index is 0.658. The van der Waals surface area contributed by atoms with E-state index < -0.39 is 0 Å². The fourth-order valence-electron chi connectivity index (χ4n) is 3.50. The summed E-state index contributed by atoms with van der Waals surface area (Å²) in [7, 11) is 1.71. The topological polar surface area (TPSA) is 59.3 Å². The third kappa shape index (κ3) is 2.79. The summed E-state index contributed by atoms with van der Waals surface area (Å²) in [5.41, 5.74) is 1.80. The highest BCUT2D eigenvalue weighted by molar-refractivity contribution is 5.83. The molecule has 7 heteroatoms. The average Bonchev–Trinajstić information content (AvgIpc) is 2.95. The summed E-state index contributed by atoms with van der Waals surface area (Å²) in [6.45, 7) is 5.71. The third-order valence-corrected chi connectivity index (χ3v) is 5.12. The number of anilines is 1. The van der Waals surface area contributed by atoms with Crippen molar-refractivity contribution in [1.82, 2.24) is 24.4 Å². The lowest BCUT2D eigenvalue weighted by Crippen LogP contribution is -2.52. The van der Waals surface area contributed by atoms with Crippen LogP contribution in [0.3, 0.4) is 0 Å². The van der Waals surface area contributed by atoms with Gasteiger partial charge in [0.1, 0.15) is 6.33 Å². The molecule has 2 aliphatic rings. The number of rotatable bonds is 5. The van der Waals surface area contributed by atoms with E-state index >= 15 is 0 Å². The van der Waals surface area contributed by atoms with E-state index in [-0.39, 0.29) is 0 Å². The molecule has 0 aromatic carbocycles. The van der Waals surface area contributed by atoms with E-state index in [9.17, 15) is 0 Å². The van der Waals surface area contributed by atoms with E-state index in [0.717, 1.165) is 55.7 Å². The lowest BCUT2D eigenvalue weighted by Gasteiger charge is -2.43. The molecule has 0 spiro atoms. The van der Waals surface area contributed by atoms with Crippen molar-refractivity contribution in [2.24, 2.45) is 0 Å². The van der Waals surface area contributed by atoms with Gasteiger partial charge in [-0.15, -0.1) is 0 Å². The van der Waals surface area contributed by atoms with Crippen molar-refractivity contribution >= 4 is 17.0 Å². The molecule has 2 aromatic heterocycles. The first-order chi connectivity index (χ1) is 11.4. The second-order valence-corrected chi connectivity index (χ2v) is 6.41. The van der Waals surface area contributed by atoms with Gasteiger partial charge < -0.3 is 14.2 Å². The number of piperazine rings is 1. The second kappa shape index (κ2) is 6.41. The molecule has 0 amide bonds. The van der Waals surface area contributed by atoms with Crippen molar-refractivity contribution in [3.05, 3.63) is 12.7 Å². The molecule has 0 unspecified atom stereocenters. The number of methoxy groups -OCH3 is 1. The Morgan fingerprint density at radius 1 is 1.13 bits per heavy atom. The van der Waals surface area contributed by atoms with Gasteiger partial charge in [0, 0.05) is 45.9 Å². The molecule has 1 saturated carbocycles. The van der Waals surface area contributed by atoms with Gasteiger partial charge in [-0.2, -0.15) is 0 Å². The van der Waals surface area contributed by atoms with Crippen LogP contribution in [0.15, 0.2) is 12.7 Å². The fourth-order valence-corrected chi connectivity index (χ4v) is 3.50. The molecule has 0 atom stereocenters. The van der Waals surface area contributed by atoms with E-state index in [0.29, 0.717) is 6.61 Å². The lowest BCUT2D eigenvalue weighted by atomic mass is 9.91. The zero-order valence-corrected chi connectivity index (χ0v) is 13.7. The highest BCUT2D eigenvalue weighted by Crippen LogP contribution is 2.27. The summed E-state index contributed by atoms with van der Waals surface area (Å²) in [6.07, 6.45) is 7.65. The van der Waals surface area contributed by atoms with Crippen LogP contribution in [0, 0.1) is 0 Å². The molecular formula is C16H24N6O. The van der Waals surface area contributed by atoms with Crippen LogP contribution in [-0.2, 0) is 11.3 Å². The van der Waals surface area contributed by atoms with Gasteiger partial charge in [0.25, 0.3) is 0 Å². The fraction of sp³-hybridized carbons (Fsp3) is 0.688. The smallest absolute Gasteiger partial charge is 0.165 e. The number of fused-ring (bicyclic) bond motifs is 1. The van der Waals surface area contributed by atoms with Crippen LogP contribution in [0.1, 0.15) is 19.3 Å². The van der Waals surface area contributed by atoms with Gasteiger partial charge in [-0.25, -0.2) is 15.0 Å². The second-order valence-electron chi connectivity index (χ2n) is 6.41. The lowest BCUT2D eigenvalue weighted by molar-refractivity contribution is 0.120. The number of hydrogen-bond acceptors (Lipinski definition) is 6.